The minimum absolute atomic E-state index is 0.259. The second-order valence-electron chi connectivity index (χ2n) is 17.5. The van der Waals surface area contributed by atoms with E-state index in [0.29, 0.717) is 12.8 Å². The van der Waals surface area contributed by atoms with Gasteiger partial charge in [-0.05, 0) is 38.5 Å². The fourth-order valence-electron chi connectivity index (χ4n) is 7.97. The van der Waals surface area contributed by atoms with Gasteiger partial charge in [-0.3, -0.25) is 4.79 Å². The lowest BCUT2D eigenvalue weighted by Crippen LogP contribution is -2.60. The Morgan fingerprint density at radius 1 is 0.576 bits per heavy atom. The van der Waals surface area contributed by atoms with Gasteiger partial charge >= 0.3 is 0 Å². The summed E-state index contributed by atoms with van der Waals surface area (Å²) in [6.07, 6.45) is 30.1. The van der Waals surface area contributed by atoms with Crippen LogP contribution in [0.5, 0.6) is 0 Å². The predicted octanol–water partition coefficient (Wildman–Crippen LogP) is 8.45. The topological polar surface area (TPSA) is 189 Å². The highest BCUT2D eigenvalue weighted by atomic mass is 16.7. The zero-order chi connectivity index (χ0) is 43.4. The maximum atomic E-state index is 13.1. The van der Waals surface area contributed by atoms with E-state index in [-0.39, 0.29) is 12.8 Å². The van der Waals surface area contributed by atoms with E-state index >= 15 is 0 Å². The van der Waals surface area contributed by atoms with Crippen LogP contribution in [-0.2, 0) is 14.3 Å². The van der Waals surface area contributed by atoms with Crippen molar-refractivity contribution < 1.29 is 50.0 Å². The molecule has 59 heavy (non-hydrogen) atoms. The van der Waals surface area contributed by atoms with Gasteiger partial charge in [0.15, 0.2) is 6.29 Å². The molecule has 1 rings (SSSR count). The van der Waals surface area contributed by atoms with Gasteiger partial charge in [0.1, 0.15) is 36.6 Å². The number of hydrogen-bond donors (Lipinski definition) is 8. The standard InChI is InChI=1S/C48H93NO10/c1-3-5-7-9-11-13-14-15-16-17-18-19-20-21-22-23-24-25-26-28-30-32-34-36-41(52)47(57)49-39(38-58-48-46(56)45(55)44(54)42(37-50)59-48)43(53)40(51)35-33-31-29-27-12-10-8-6-4-2/h27,29,39-46,48,50-56H,3-26,28,30-38H2,1-2H3,(H,49,57)/b29-27+. The molecule has 11 nitrogen and oxygen atoms in total. The van der Waals surface area contributed by atoms with Crippen molar-refractivity contribution in [2.75, 3.05) is 13.2 Å². The second-order valence-corrected chi connectivity index (χ2v) is 17.5. The third-order valence-electron chi connectivity index (χ3n) is 12.1. The van der Waals surface area contributed by atoms with Crippen LogP contribution < -0.4 is 5.32 Å². The van der Waals surface area contributed by atoms with Gasteiger partial charge in [0.25, 0.3) is 0 Å². The fourth-order valence-corrected chi connectivity index (χ4v) is 7.97. The SMILES string of the molecule is CCCCCC/C=C/CCCC(O)C(O)C(COC1OC(CO)C(O)C(O)C1O)NC(=O)C(O)CCCCCCCCCCCCCCCCCCCCCCCCC. The first-order chi connectivity index (χ1) is 28.7. The average molecular weight is 844 g/mol. The summed E-state index contributed by atoms with van der Waals surface area (Å²) >= 11 is 0. The number of ether oxygens (including phenoxy) is 2. The molecule has 0 aromatic carbocycles. The van der Waals surface area contributed by atoms with Crippen molar-refractivity contribution in [2.45, 2.75) is 274 Å². The van der Waals surface area contributed by atoms with E-state index in [9.17, 15) is 40.5 Å². The molecule has 0 bridgehead atoms. The van der Waals surface area contributed by atoms with Crippen molar-refractivity contribution in [1.29, 1.82) is 0 Å². The smallest absolute Gasteiger partial charge is 0.249 e. The minimum Gasteiger partial charge on any atom is -0.394 e. The van der Waals surface area contributed by atoms with E-state index < -0.39 is 74.2 Å². The molecule has 1 heterocycles. The van der Waals surface area contributed by atoms with Crippen molar-refractivity contribution in [3.63, 3.8) is 0 Å². The van der Waals surface area contributed by atoms with Gasteiger partial charge in [-0.1, -0.05) is 193 Å². The monoisotopic (exact) mass is 844 g/mol. The summed E-state index contributed by atoms with van der Waals surface area (Å²) in [6.45, 7) is 3.39. The molecular formula is C48H93NO10. The van der Waals surface area contributed by atoms with Crippen LogP contribution in [0.4, 0.5) is 0 Å². The number of carbonyl (C=O) groups is 1. The first kappa shape index (κ1) is 55.9. The number of aliphatic hydroxyl groups excluding tert-OH is 7. The van der Waals surface area contributed by atoms with Gasteiger partial charge in [-0.25, -0.2) is 0 Å². The molecule has 11 heteroatoms. The van der Waals surface area contributed by atoms with E-state index in [2.05, 4.69) is 31.3 Å². The molecule has 1 saturated heterocycles. The lowest BCUT2D eigenvalue weighted by molar-refractivity contribution is -0.303. The first-order valence-corrected chi connectivity index (χ1v) is 24.6. The number of allylic oxidation sites excluding steroid dienone is 2. The summed E-state index contributed by atoms with van der Waals surface area (Å²) in [6, 6.07) is -1.18. The molecule has 0 aromatic heterocycles. The molecule has 0 aromatic rings. The lowest BCUT2D eigenvalue weighted by Gasteiger charge is -2.40. The van der Waals surface area contributed by atoms with Crippen molar-refractivity contribution >= 4 is 5.91 Å². The lowest BCUT2D eigenvalue weighted by atomic mass is 9.98. The van der Waals surface area contributed by atoms with Crippen LogP contribution in [0.2, 0.25) is 0 Å². The van der Waals surface area contributed by atoms with Gasteiger partial charge in [-0.15, -0.1) is 0 Å². The molecule has 1 aliphatic rings. The Labute approximate surface area is 360 Å². The van der Waals surface area contributed by atoms with E-state index in [4.69, 9.17) is 9.47 Å². The number of carbonyl (C=O) groups excluding carboxylic acids is 1. The van der Waals surface area contributed by atoms with Gasteiger partial charge in [-0.2, -0.15) is 0 Å². The van der Waals surface area contributed by atoms with Crippen molar-refractivity contribution in [2.24, 2.45) is 0 Å². The highest BCUT2D eigenvalue weighted by Crippen LogP contribution is 2.23. The molecular weight excluding hydrogens is 751 g/mol. The van der Waals surface area contributed by atoms with Gasteiger partial charge < -0.3 is 50.5 Å². The highest BCUT2D eigenvalue weighted by molar-refractivity contribution is 5.80. The number of amides is 1. The summed E-state index contributed by atoms with van der Waals surface area (Å²) < 4.78 is 11.1. The molecule has 0 aliphatic carbocycles. The molecule has 350 valence electrons. The second kappa shape index (κ2) is 38.5. The average Bonchev–Trinajstić information content (AvgIpc) is 3.23. The van der Waals surface area contributed by atoms with Crippen LogP contribution >= 0.6 is 0 Å². The van der Waals surface area contributed by atoms with E-state index in [1.165, 1.54) is 141 Å². The zero-order valence-corrected chi connectivity index (χ0v) is 37.7. The molecule has 9 unspecified atom stereocenters. The number of hydrogen-bond acceptors (Lipinski definition) is 10. The Balaban J connectivity index is 2.31. The van der Waals surface area contributed by atoms with Gasteiger partial charge in [0.2, 0.25) is 5.91 Å². The van der Waals surface area contributed by atoms with Crippen LogP contribution in [0.3, 0.4) is 0 Å². The molecule has 8 N–H and O–H groups in total. The third-order valence-corrected chi connectivity index (χ3v) is 12.1. The number of rotatable bonds is 41. The number of aliphatic hydroxyl groups is 7. The largest absolute Gasteiger partial charge is 0.394 e. The van der Waals surface area contributed by atoms with Crippen LogP contribution in [-0.4, -0.2) is 110 Å². The molecule has 0 saturated carbocycles. The van der Waals surface area contributed by atoms with Crippen LogP contribution in [0.25, 0.3) is 0 Å². The Morgan fingerprint density at radius 3 is 1.46 bits per heavy atom. The fraction of sp³-hybridized carbons (Fsp3) is 0.938. The van der Waals surface area contributed by atoms with Gasteiger partial charge in [0.05, 0.1) is 25.4 Å². The Kier molecular flexibility index (Phi) is 36.5. The van der Waals surface area contributed by atoms with Gasteiger partial charge in [0, 0.05) is 0 Å². The van der Waals surface area contributed by atoms with E-state index in [1.54, 1.807) is 0 Å². The normalized spacial score (nSPS) is 21.8. The quantitative estimate of drug-likeness (QED) is 0.0219. The van der Waals surface area contributed by atoms with Crippen LogP contribution in [0.15, 0.2) is 12.2 Å². The molecule has 1 amide bonds. The van der Waals surface area contributed by atoms with E-state index in [0.717, 1.165) is 38.5 Å². The molecule has 1 aliphatic heterocycles. The summed E-state index contributed by atoms with van der Waals surface area (Å²) in [5.74, 6) is -0.705. The van der Waals surface area contributed by atoms with Crippen LogP contribution in [0, 0.1) is 0 Å². The predicted molar refractivity (Wildman–Crippen MR) is 238 cm³/mol. The van der Waals surface area contributed by atoms with Crippen LogP contribution in [0.1, 0.15) is 219 Å². The molecule has 1 fully saturated rings. The maximum absolute atomic E-state index is 13.1. The summed E-state index contributed by atoms with van der Waals surface area (Å²) in [5.41, 5.74) is 0. The van der Waals surface area contributed by atoms with Crippen molar-refractivity contribution in [3.8, 4) is 0 Å². The maximum Gasteiger partial charge on any atom is 0.249 e. The number of unbranched alkanes of at least 4 members (excludes halogenated alkanes) is 27. The Bertz CT molecular complexity index is 970. The Morgan fingerprint density at radius 2 is 1.00 bits per heavy atom. The van der Waals surface area contributed by atoms with Crippen molar-refractivity contribution in [1.82, 2.24) is 5.32 Å². The molecule has 0 spiro atoms. The Hall–Kier alpha value is -1.15. The minimum atomic E-state index is -1.66. The molecule has 9 atom stereocenters. The first-order valence-electron chi connectivity index (χ1n) is 24.6. The summed E-state index contributed by atoms with van der Waals surface area (Å²) in [5, 5.41) is 75.5. The zero-order valence-electron chi connectivity index (χ0n) is 37.7. The third kappa shape index (κ3) is 28.2. The number of nitrogens with one attached hydrogen (secondary N) is 1. The molecule has 0 radical (unpaired) electrons. The highest BCUT2D eigenvalue weighted by Gasteiger charge is 2.44. The summed E-state index contributed by atoms with van der Waals surface area (Å²) in [4.78, 5) is 13.1. The summed E-state index contributed by atoms with van der Waals surface area (Å²) in [7, 11) is 0. The van der Waals surface area contributed by atoms with Crippen molar-refractivity contribution in [3.05, 3.63) is 12.2 Å². The van der Waals surface area contributed by atoms with E-state index in [1.807, 2.05) is 0 Å².